The number of H-pyrrole nitrogens is 1. The number of aromatic amines is 1. The molecule has 0 amide bonds. The first kappa shape index (κ1) is 20.6. The monoisotopic (exact) mass is 424 g/mol. The molecule has 3 aromatic rings. The molecule has 2 aromatic carbocycles. The van der Waals surface area contributed by atoms with Gasteiger partial charge in [0.05, 0.1) is 23.6 Å². The molecule has 28 heavy (non-hydrogen) atoms. The number of benzene rings is 2. The van der Waals surface area contributed by atoms with E-state index in [1.807, 2.05) is 0 Å². The van der Waals surface area contributed by atoms with E-state index < -0.39 is 22.9 Å². The fourth-order valence-corrected chi connectivity index (χ4v) is 4.83. The summed E-state index contributed by atoms with van der Waals surface area (Å²) in [5.41, 5.74) is 0.888. The van der Waals surface area contributed by atoms with Crippen molar-refractivity contribution in [3.8, 4) is 11.1 Å². The number of hydrogen-bond acceptors (Lipinski definition) is 4. The zero-order valence-corrected chi connectivity index (χ0v) is 17.0. The summed E-state index contributed by atoms with van der Waals surface area (Å²) in [6.07, 6.45) is -0.250. The molecule has 1 aromatic heterocycles. The van der Waals surface area contributed by atoms with Gasteiger partial charge in [0.1, 0.15) is 11.6 Å². The standard InChI is InChI=1S/C19H16F2N2O3S.H2S/c1-9-5-13-16-17(15(9)12-4-3-10(20)6-14(12)21)27-8-11(26-2)7-23(16)19(25)22-18(13)24;/h3-6,11H,7-8H2,1-2H3,(H,22,24,25);1H2/t11-;/m0./s1. The Labute approximate surface area is 170 Å². The van der Waals surface area contributed by atoms with Gasteiger partial charge in [0, 0.05) is 35.0 Å². The maximum Gasteiger partial charge on any atom is 0.328 e. The van der Waals surface area contributed by atoms with Gasteiger partial charge in [0.15, 0.2) is 0 Å². The molecule has 2 heterocycles. The molecule has 1 atom stereocenters. The van der Waals surface area contributed by atoms with Crippen molar-refractivity contribution in [1.29, 1.82) is 0 Å². The van der Waals surface area contributed by atoms with Gasteiger partial charge in [0.2, 0.25) is 0 Å². The summed E-state index contributed by atoms with van der Waals surface area (Å²) in [5.74, 6) is -0.832. The summed E-state index contributed by atoms with van der Waals surface area (Å²) < 4.78 is 34.8. The Morgan fingerprint density at radius 2 is 2.00 bits per heavy atom. The molecule has 0 saturated carbocycles. The molecular weight excluding hydrogens is 406 g/mol. The topological polar surface area (TPSA) is 64.1 Å². The Morgan fingerprint density at radius 3 is 2.68 bits per heavy atom. The SMILES string of the molecule is CO[C@@H]1CSc2c(-c3ccc(F)cc3F)c(C)cc3c(=O)[nH]c(=O)n(c23)C1.S. The number of methoxy groups -OCH3 is 1. The Bertz CT molecular complexity index is 1190. The first-order valence-corrected chi connectivity index (χ1v) is 9.30. The van der Waals surface area contributed by atoms with Gasteiger partial charge in [-0.2, -0.15) is 13.5 Å². The van der Waals surface area contributed by atoms with Gasteiger partial charge < -0.3 is 4.74 Å². The number of ether oxygens (including phenoxy) is 1. The lowest BCUT2D eigenvalue weighted by Crippen LogP contribution is -2.34. The van der Waals surface area contributed by atoms with Crippen LogP contribution in [0, 0.1) is 18.6 Å². The van der Waals surface area contributed by atoms with Crippen LogP contribution in [0.1, 0.15) is 5.56 Å². The summed E-state index contributed by atoms with van der Waals surface area (Å²) in [7, 11) is 1.56. The van der Waals surface area contributed by atoms with Crippen molar-refractivity contribution in [3.63, 3.8) is 0 Å². The van der Waals surface area contributed by atoms with Crippen molar-refractivity contribution in [2.45, 2.75) is 24.5 Å². The largest absolute Gasteiger partial charge is 0.379 e. The van der Waals surface area contributed by atoms with Crippen LogP contribution in [0.15, 0.2) is 38.8 Å². The number of nitrogens with one attached hydrogen (secondary N) is 1. The highest BCUT2D eigenvalue weighted by atomic mass is 32.2. The minimum atomic E-state index is -0.694. The number of halogens is 2. The number of nitrogens with zero attached hydrogens (tertiary/aromatic N) is 1. The molecular formula is C19H18F2N2O3S2. The molecule has 1 aliphatic heterocycles. The second-order valence-corrected chi connectivity index (χ2v) is 7.49. The fourth-order valence-electron chi connectivity index (χ4n) is 3.47. The molecule has 9 heteroatoms. The van der Waals surface area contributed by atoms with E-state index in [0.29, 0.717) is 32.7 Å². The van der Waals surface area contributed by atoms with E-state index >= 15 is 0 Å². The van der Waals surface area contributed by atoms with Crippen molar-refractivity contribution in [1.82, 2.24) is 9.55 Å². The van der Waals surface area contributed by atoms with Crippen molar-refractivity contribution < 1.29 is 13.5 Å². The van der Waals surface area contributed by atoms with Gasteiger partial charge in [-0.05, 0) is 30.7 Å². The third-order valence-electron chi connectivity index (χ3n) is 4.77. The fraction of sp³-hybridized carbons (Fsp3) is 0.263. The van der Waals surface area contributed by atoms with Crippen molar-refractivity contribution >= 4 is 36.2 Å². The molecule has 0 spiro atoms. The summed E-state index contributed by atoms with van der Waals surface area (Å²) in [5, 5.41) is 0.359. The zero-order chi connectivity index (χ0) is 19.3. The number of hydrogen-bond donors (Lipinski definition) is 1. The number of aromatic nitrogens is 2. The van der Waals surface area contributed by atoms with Gasteiger partial charge in [-0.15, -0.1) is 11.8 Å². The number of rotatable bonds is 2. The van der Waals surface area contributed by atoms with E-state index in [2.05, 4.69) is 4.98 Å². The van der Waals surface area contributed by atoms with E-state index in [9.17, 15) is 18.4 Å². The predicted molar refractivity (Wildman–Crippen MR) is 111 cm³/mol. The molecule has 0 bridgehead atoms. The van der Waals surface area contributed by atoms with Crippen LogP contribution < -0.4 is 11.2 Å². The second-order valence-electron chi connectivity index (χ2n) is 6.46. The van der Waals surface area contributed by atoms with Gasteiger partial charge in [-0.3, -0.25) is 14.3 Å². The molecule has 0 radical (unpaired) electrons. The highest BCUT2D eigenvalue weighted by Crippen LogP contribution is 2.41. The minimum Gasteiger partial charge on any atom is -0.379 e. The maximum atomic E-state index is 14.5. The van der Waals surface area contributed by atoms with Crippen LogP contribution >= 0.6 is 25.3 Å². The van der Waals surface area contributed by atoms with Gasteiger partial charge in [-0.1, -0.05) is 0 Å². The highest BCUT2D eigenvalue weighted by Gasteiger charge is 2.26. The Morgan fingerprint density at radius 1 is 1.25 bits per heavy atom. The molecule has 0 aliphatic carbocycles. The summed E-state index contributed by atoms with van der Waals surface area (Å²) in [4.78, 5) is 27.8. The average molecular weight is 424 g/mol. The molecule has 148 valence electrons. The lowest BCUT2D eigenvalue weighted by atomic mass is 9.97. The van der Waals surface area contributed by atoms with Crippen LogP contribution in [-0.2, 0) is 11.3 Å². The maximum absolute atomic E-state index is 14.5. The molecule has 0 fully saturated rings. The quantitative estimate of drug-likeness (QED) is 0.686. The van der Waals surface area contributed by atoms with Crippen molar-refractivity contribution in [2.24, 2.45) is 0 Å². The first-order valence-electron chi connectivity index (χ1n) is 8.32. The summed E-state index contributed by atoms with van der Waals surface area (Å²) in [6.45, 7) is 2.04. The lowest BCUT2D eigenvalue weighted by Gasteiger charge is -2.16. The molecule has 1 aliphatic rings. The van der Waals surface area contributed by atoms with Gasteiger partial charge in [-0.25, -0.2) is 13.6 Å². The van der Waals surface area contributed by atoms with Crippen LogP contribution in [0.25, 0.3) is 22.0 Å². The smallest absolute Gasteiger partial charge is 0.328 e. The lowest BCUT2D eigenvalue weighted by molar-refractivity contribution is 0.107. The highest BCUT2D eigenvalue weighted by molar-refractivity contribution is 7.99. The molecule has 5 nitrogen and oxygen atoms in total. The predicted octanol–water partition coefficient (Wildman–Crippen LogP) is 3.18. The van der Waals surface area contributed by atoms with E-state index in [1.54, 1.807) is 20.1 Å². The van der Waals surface area contributed by atoms with E-state index in [1.165, 1.54) is 28.5 Å². The Kier molecular flexibility index (Phi) is 5.69. The Hall–Kier alpha value is -2.10. The van der Waals surface area contributed by atoms with Gasteiger partial charge >= 0.3 is 5.69 Å². The second kappa shape index (κ2) is 7.73. The zero-order valence-electron chi connectivity index (χ0n) is 15.1. The normalized spacial score (nSPS) is 15.9. The first-order chi connectivity index (χ1) is 12.9. The van der Waals surface area contributed by atoms with Crippen LogP contribution in [0.5, 0.6) is 0 Å². The molecule has 0 unspecified atom stereocenters. The summed E-state index contributed by atoms with van der Waals surface area (Å²) >= 11 is 1.40. The summed E-state index contributed by atoms with van der Waals surface area (Å²) in [6, 6.07) is 5.04. The third-order valence-corrected chi connectivity index (χ3v) is 5.99. The Balaban J connectivity index is 0.00000225. The van der Waals surface area contributed by atoms with Crippen LogP contribution in [0.3, 0.4) is 0 Å². The minimum absolute atomic E-state index is 0. The molecule has 4 rings (SSSR count). The molecule has 1 N–H and O–H groups in total. The van der Waals surface area contributed by atoms with Gasteiger partial charge in [0.25, 0.3) is 5.56 Å². The van der Waals surface area contributed by atoms with Crippen LogP contribution in [0.2, 0.25) is 0 Å². The third kappa shape index (κ3) is 3.27. The van der Waals surface area contributed by atoms with Crippen LogP contribution in [0.4, 0.5) is 8.78 Å². The average Bonchev–Trinajstić information content (AvgIpc) is 2.81. The van der Waals surface area contributed by atoms with Crippen molar-refractivity contribution in [3.05, 3.63) is 62.3 Å². The number of thioether (sulfide) groups is 1. The van der Waals surface area contributed by atoms with Crippen molar-refractivity contribution in [2.75, 3.05) is 12.9 Å². The van der Waals surface area contributed by atoms with E-state index in [0.717, 1.165) is 6.07 Å². The van der Waals surface area contributed by atoms with E-state index in [4.69, 9.17) is 4.74 Å². The van der Waals surface area contributed by atoms with Crippen LogP contribution in [-0.4, -0.2) is 28.5 Å². The van der Waals surface area contributed by atoms with E-state index in [-0.39, 0.29) is 31.7 Å². The number of aryl methyl sites for hydroxylation is 1. The molecule has 0 saturated heterocycles.